The minimum Gasteiger partial charge on any atom is -0.488 e. The largest absolute Gasteiger partial charge is 0.488 e. The predicted molar refractivity (Wildman–Crippen MR) is 60.8 cm³/mol. The second-order valence-corrected chi connectivity index (χ2v) is 4.51. The Morgan fingerprint density at radius 2 is 2.36 bits per heavy atom. The van der Waals surface area contributed by atoms with Crippen LogP contribution >= 0.6 is 15.9 Å². The molecule has 1 aliphatic rings. The maximum atomic E-state index is 5.85. The summed E-state index contributed by atoms with van der Waals surface area (Å²) in [5.41, 5.74) is 1.29. The molecular formula is C11H14BrNO. The highest BCUT2D eigenvalue weighted by atomic mass is 79.9. The van der Waals surface area contributed by atoms with Gasteiger partial charge in [0.05, 0.1) is 0 Å². The molecule has 0 saturated heterocycles. The maximum absolute atomic E-state index is 5.85. The maximum Gasteiger partial charge on any atom is 0.124 e. The van der Waals surface area contributed by atoms with Crippen molar-refractivity contribution in [2.24, 2.45) is 0 Å². The summed E-state index contributed by atoms with van der Waals surface area (Å²) >= 11 is 3.55. The Hall–Kier alpha value is -0.540. The van der Waals surface area contributed by atoms with Crippen molar-refractivity contribution in [3.63, 3.8) is 0 Å². The molecular weight excluding hydrogens is 242 g/mol. The van der Waals surface area contributed by atoms with Gasteiger partial charge in [0.25, 0.3) is 0 Å². The van der Waals surface area contributed by atoms with E-state index in [0.717, 1.165) is 16.6 Å². The summed E-state index contributed by atoms with van der Waals surface area (Å²) in [4.78, 5) is 0. The van der Waals surface area contributed by atoms with Crippen LogP contribution in [0.2, 0.25) is 0 Å². The fourth-order valence-electron chi connectivity index (χ4n) is 1.72. The van der Waals surface area contributed by atoms with Crippen LogP contribution in [-0.2, 0) is 6.42 Å². The number of nitrogens with one attached hydrogen (secondary N) is 1. The van der Waals surface area contributed by atoms with E-state index in [-0.39, 0.29) is 6.10 Å². The standard InChI is InChI=1S/C11H14BrNO/c1-7(13-2)11-6-8-9(12)4-3-5-10(8)14-11/h3-5,7,11,13H,6H2,1-2H3. The summed E-state index contributed by atoms with van der Waals surface area (Å²) in [5, 5.41) is 3.22. The molecule has 1 heterocycles. The lowest BCUT2D eigenvalue weighted by Crippen LogP contribution is -2.37. The number of ether oxygens (including phenoxy) is 1. The molecule has 0 amide bonds. The summed E-state index contributed by atoms with van der Waals surface area (Å²) in [7, 11) is 1.96. The van der Waals surface area contributed by atoms with Gasteiger partial charge in [-0.2, -0.15) is 0 Å². The van der Waals surface area contributed by atoms with Crippen LogP contribution in [0, 0.1) is 0 Å². The summed E-state index contributed by atoms with van der Waals surface area (Å²) in [6.07, 6.45) is 1.24. The van der Waals surface area contributed by atoms with Gasteiger partial charge in [-0.3, -0.25) is 0 Å². The topological polar surface area (TPSA) is 21.3 Å². The van der Waals surface area contributed by atoms with E-state index in [1.165, 1.54) is 5.56 Å². The molecule has 2 atom stereocenters. The van der Waals surface area contributed by atoms with E-state index < -0.39 is 0 Å². The van der Waals surface area contributed by atoms with Crippen LogP contribution in [0.1, 0.15) is 12.5 Å². The number of fused-ring (bicyclic) bond motifs is 1. The highest BCUT2D eigenvalue weighted by molar-refractivity contribution is 9.10. The fraction of sp³-hybridized carbons (Fsp3) is 0.455. The van der Waals surface area contributed by atoms with E-state index in [1.807, 2.05) is 19.2 Å². The van der Waals surface area contributed by atoms with Crippen molar-refractivity contribution in [2.75, 3.05) is 7.05 Å². The first-order valence-electron chi connectivity index (χ1n) is 4.83. The van der Waals surface area contributed by atoms with Crippen LogP contribution in [0.3, 0.4) is 0 Å². The van der Waals surface area contributed by atoms with E-state index in [2.05, 4.69) is 34.2 Å². The molecule has 76 valence electrons. The molecule has 0 aromatic heterocycles. The normalized spacial score (nSPS) is 21.5. The van der Waals surface area contributed by atoms with Crippen molar-refractivity contribution in [1.82, 2.24) is 5.32 Å². The van der Waals surface area contributed by atoms with Gasteiger partial charge in [0.1, 0.15) is 11.9 Å². The molecule has 1 aliphatic heterocycles. The first-order valence-corrected chi connectivity index (χ1v) is 5.63. The third-order valence-corrected chi connectivity index (χ3v) is 3.52. The highest BCUT2D eigenvalue weighted by Gasteiger charge is 2.27. The zero-order valence-corrected chi connectivity index (χ0v) is 9.97. The van der Waals surface area contributed by atoms with Gasteiger partial charge in [-0.25, -0.2) is 0 Å². The lowest BCUT2D eigenvalue weighted by molar-refractivity contribution is 0.191. The van der Waals surface area contributed by atoms with Crippen molar-refractivity contribution in [1.29, 1.82) is 0 Å². The fourth-order valence-corrected chi connectivity index (χ4v) is 2.23. The molecule has 1 aromatic carbocycles. The molecule has 2 rings (SSSR count). The number of halogens is 1. The average molecular weight is 256 g/mol. The summed E-state index contributed by atoms with van der Waals surface area (Å²) in [6, 6.07) is 6.49. The van der Waals surface area contributed by atoms with Crippen molar-refractivity contribution in [3.05, 3.63) is 28.2 Å². The molecule has 2 unspecified atom stereocenters. The summed E-state index contributed by atoms with van der Waals surface area (Å²) < 4.78 is 7.00. The second-order valence-electron chi connectivity index (χ2n) is 3.65. The molecule has 0 spiro atoms. The Labute approximate surface area is 92.8 Å². The smallest absolute Gasteiger partial charge is 0.124 e. The number of hydrogen-bond donors (Lipinski definition) is 1. The number of rotatable bonds is 2. The van der Waals surface area contributed by atoms with Gasteiger partial charge in [-0.15, -0.1) is 0 Å². The van der Waals surface area contributed by atoms with Crippen LogP contribution in [0.4, 0.5) is 0 Å². The van der Waals surface area contributed by atoms with E-state index in [4.69, 9.17) is 4.74 Å². The van der Waals surface area contributed by atoms with Gasteiger partial charge >= 0.3 is 0 Å². The van der Waals surface area contributed by atoms with E-state index in [9.17, 15) is 0 Å². The molecule has 1 aromatic rings. The van der Waals surface area contributed by atoms with Crippen molar-refractivity contribution < 1.29 is 4.74 Å². The first-order chi connectivity index (χ1) is 6.72. The number of benzene rings is 1. The average Bonchev–Trinajstić information content (AvgIpc) is 2.62. The Balaban J connectivity index is 2.22. The molecule has 0 aliphatic carbocycles. The monoisotopic (exact) mass is 255 g/mol. The van der Waals surface area contributed by atoms with Crippen LogP contribution < -0.4 is 10.1 Å². The predicted octanol–water partition coefficient (Wildman–Crippen LogP) is 2.36. The van der Waals surface area contributed by atoms with E-state index in [0.29, 0.717) is 6.04 Å². The van der Waals surface area contributed by atoms with Gasteiger partial charge in [-0.05, 0) is 26.1 Å². The van der Waals surface area contributed by atoms with E-state index in [1.54, 1.807) is 0 Å². The molecule has 0 saturated carbocycles. The highest BCUT2D eigenvalue weighted by Crippen LogP contribution is 2.35. The molecule has 0 bridgehead atoms. The van der Waals surface area contributed by atoms with Crippen LogP contribution in [-0.4, -0.2) is 19.2 Å². The molecule has 1 N–H and O–H groups in total. The minimum absolute atomic E-state index is 0.258. The van der Waals surface area contributed by atoms with Crippen LogP contribution in [0.25, 0.3) is 0 Å². The Bertz CT molecular complexity index is 340. The summed E-state index contributed by atoms with van der Waals surface area (Å²) in [6.45, 7) is 2.14. The van der Waals surface area contributed by atoms with Gasteiger partial charge in [0.15, 0.2) is 0 Å². The SMILES string of the molecule is CNC(C)C1Cc2c(Br)cccc2O1. The zero-order valence-electron chi connectivity index (χ0n) is 8.38. The quantitative estimate of drug-likeness (QED) is 0.877. The Morgan fingerprint density at radius 3 is 3.00 bits per heavy atom. The van der Waals surface area contributed by atoms with Gasteiger partial charge < -0.3 is 10.1 Å². The van der Waals surface area contributed by atoms with Gasteiger partial charge in [0.2, 0.25) is 0 Å². The lowest BCUT2D eigenvalue weighted by Gasteiger charge is -2.17. The van der Waals surface area contributed by atoms with Crippen molar-refractivity contribution >= 4 is 15.9 Å². The number of hydrogen-bond acceptors (Lipinski definition) is 2. The Kier molecular flexibility index (Phi) is 2.79. The molecule has 3 heteroatoms. The molecule has 2 nitrogen and oxygen atoms in total. The first kappa shape index (κ1) is 9.99. The third-order valence-electron chi connectivity index (χ3n) is 2.77. The van der Waals surface area contributed by atoms with Crippen LogP contribution in [0.5, 0.6) is 5.75 Å². The molecule has 0 radical (unpaired) electrons. The zero-order chi connectivity index (χ0) is 10.1. The molecule has 0 fully saturated rings. The third kappa shape index (κ3) is 1.66. The lowest BCUT2D eigenvalue weighted by atomic mass is 10.1. The summed E-state index contributed by atoms with van der Waals surface area (Å²) in [5.74, 6) is 1.02. The number of likely N-dealkylation sites (N-methyl/N-ethyl adjacent to an activating group) is 1. The second kappa shape index (κ2) is 3.91. The van der Waals surface area contributed by atoms with Crippen molar-refractivity contribution in [3.8, 4) is 5.75 Å². The van der Waals surface area contributed by atoms with Gasteiger partial charge in [-0.1, -0.05) is 22.0 Å². The minimum atomic E-state index is 0.258. The van der Waals surface area contributed by atoms with Crippen LogP contribution in [0.15, 0.2) is 22.7 Å². The van der Waals surface area contributed by atoms with Crippen molar-refractivity contribution in [2.45, 2.75) is 25.5 Å². The van der Waals surface area contributed by atoms with Gasteiger partial charge in [0, 0.05) is 22.5 Å². The Morgan fingerprint density at radius 1 is 1.57 bits per heavy atom. The molecule has 14 heavy (non-hydrogen) atoms. The van der Waals surface area contributed by atoms with E-state index >= 15 is 0 Å².